The standard InChI is InChI=1S/C22H22ClFN6O5S/c1-11-15(13-9-26-30(3)10-13)5-6-16(24)19(11)12(2)20(21-27-28-22(31)34-21)29-36(32,33)18-7-4-14(23)8-17(18)35-25/h4-10,12,20,29H,25H2,1-3H3,(H,28,31)/t12-,20+/m1/s1. The van der Waals surface area contributed by atoms with Crippen molar-refractivity contribution < 1.29 is 22.1 Å². The van der Waals surface area contributed by atoms with E-state index < -0.39 is 33.6 Å². The van der Waals surface area contributed by atoms with E-state index in [1.165, 1.54) is 24.3 Å². The Labute approximate surface area is 210 Å². The molecule has 0 spiro atoms. The number of H-pyrrole nitrogens is 1. The second-order valence-electron chi connectivity index (χ2n) is 8.08. The summed E-state index contributed by atoms with van der Waals surface area (Å²) in [6, 6.07) is 5.37. The molecule has 2 heterocycles. The first-order chi connectivity index (χ1) is 17.0. The SMILES string of the molecule is Cc1c(-c2cnn(C)c2)ccc(F)c1[C@@H](C)[C@H](NS(=O)(=O)c1ccc(Cl)cc1ON)c1n[nH]c(=O)o1. The van der Waals surface area contributed by atoms with Crippen LogP contribution >= 0.6 is 11.6 Å². The Balaban J connectivity index is 1.82. The summed E-state index contributed by atoms with van der Waals surface area (Å²) in [6.07, 6.45) is 3.41. The van der Waals surface area contributed by atoms with Crippen molar-refractivity contribution >= 4 is 21.6 Å². The number of nitrogens with one attached hydrogen (secondary N) is 2. The fraction of sp³-hybridized carbons (Fsp3) is 0.227. The molecule has 36 heavy (non-hydrogen) atoms. The van der Waals surface area contributed by atoms with Crippen molar-refractivity contribution in [2.45, 2.75) is 30.7 Å². The summed E-state index contributed by atoms with van der Waals surface area (Å²) in [7, 11) is -2.60. The minimum atomic E-state index is -4.36. The van der Waals surface area contributed by atoms with Crippen molar-refractivity contribution in [2.24, 2.45) is 12.9 Å². The van der Waals surface area contributed by atoms with Crippen LogP contribution in [0.5, 0.6) is 5.75 Å². The van der Waals surface area contributed by atoms with E-state index in [4.69, 9.17) is 21.9 Å². The molecule has 11 nitrogen and oxygen atoms in total. The molecule has 4 aromatic rings. The quantitative estimate of drug-likeness (QED) is 0.290. The van der Waals surface area contributed by atoms with E-state index in [0.717, 1.165) is 5.56 Å². The zero-order valence-electron chi connectivity index (χ0n) is 19.3. The monoisotopic (exact) mass is 536 g/mol. The van der Waals surface area contributed by atoms with Gasteiger partial charge in [-0.05, 0) is 41.8 Å². The summed E-state index contributed by atoms with van der Waals surface area (Å²) >= 11 is 5.92. The predicted octanol–water partition coefficient (Wildman–Crippen LogP) is 2.94. The molecule has 2 atom stereocenters. The fourth-order valence-corrected chi connectivity index (χ4v) is 5.61. The molecule has 2 aromatic heterocycles. The Bertz CT molecular complexity index is 1580. The van der Waals surface area contributed by atoms with Gasteiger partial charge in [0.1, 0.15) is 16.8 Å². The lowest BCUT2D eigenvalue weighted by molar-refractivity contribution is 0.324. The van der Waals surface area contributed by atoms with E-state index in [1.54, 1.807) is 44.0 Å². The smallest absolute Gasteiger partial charge is 0.410 e. The van der Waals surface area contributed by atoms with Crippen LogP contribution in [0.1, 0.15) is 35.9 Å². The first-order valence-electron chi connectivity index (χ1n) is 10.5. The van der Waals surface area contributed by atoms with Gasteiger partial charge in [0.15, 0.2) is 5.75 Å². The molecule has 2 aromatic carbocycles. The van der Waals surface area contributed by atoms with Crippen molar-refractivity contribution in [3.05, 3.63) is 81.1 Å². The number of hydrogen-bond acceptors (Lipinski definition) is 8. The lowest BCUT2D eigenvalue weighted by atomic mass is 9.86. The summed E-state index contributed by atoms with van der Waals surface area (Å²) in [5.74, 6) is 2.37. The molecule has 4 N–H and O–H groups in total. The first kappa shape index (κ1) is 25.6. The summed E-state index contributed by atoms with van der Waals surface area (Å²) in [4.78, 5) is 16.1. The highest BCUT2D eigenvalue weighted by Gasteiger charge is 2.35. The first-order valence-corrected chi connectivity index (χ1v) is 12.4. The highest BCUT2D eigenvalue weighted by atomic mass is 35.5. The molecule has 0 aliphatic carbocycles. The molecule has 0 unspecified atom stereocenters. The van der Waals surface area contributed by atoms with Crippen LogP contribution in [0.15, 0.2) is 56.8 Å². The van der Waals surface area contributed by atoms with Crippen LogP contribution in [0, 0.1) is 12.7 Å². The van der Waals surface area contributed by atoms with Gasteiger partial charge in [-0.25, -0.2) is 22.7 Å². The summed E-state index contributed by atoms with van der Waals surface area (Å²) < 4.78 is 51.1. The molecule has 190 valence electrons. The predicted molar refractivity (Wildman–Crippen MR) is 128 cm³/mol. The number of halogens is 2. The van der Waals surface area contributed by atoms with E-state index in [2.05, 4.69) is 24.9 Å². The van der Waals surface area contributed by atoms with E-state index in [0.29, 0.717) is 11.1 Å². The van der Waals surface area contributed by atoms with Gasteiger partial charge in [-0.2, -0.15) is 15.7 Å². The Kier molecular flexibility index (Phi) is 7.00. The van der Waals surface area contributed by atoms with E-state index >= 15 is 4.39 Å². The average Bonchev–Trinajstić information content (AvgIpc) is 3.45. The number of aryl methyl sites for hydroxylation is 1. The second-order valence-corrected chi connectivity index (χ2v) is 10.2. The lowest BCUT2D eigenvalue weighted by Gasteiger charge is -2.25. The minimum absolute atomic E-state index is 0.195. The van der Waals surface area contributed by atoms with Gasteiger partial charge >= 0.3 is 5.76 Å². The van der Waals surface area contributed by atoms with Gasteiger partial charge in [0.2, 0.25) is 15.9 Å². The maximum Gasteiger partial charge on any atom is 0.434 e. The Morgan fingerprint density at radius 3 is 2.67 bits per heavy atom. The largest absolute Gasteiger partial charge is 0.434 e. The number of hydrogen-bond donors (Lipinski definition) is 3. The summed E-state index contributed by atoms with van der Waals surface area (Å²) in [6.45, 7) is 3.30. The molecule has 0 radical (unpaired) electrons. The topological polar surface area (TPSA) is 158 Å². The van der Waals surface area contributed by atoms with Crippen LogP contribution in [0.4, 0.5) is 4.39 Å². The van der Waals surface area contributed by atoms with Crippen LogP contribution < -0.4 is 21.2 Å². The third-order valence-electron chi connectivity index (χ3n) is 5.76. The van der Waals surface area contributed by atoms with Crippen molar-refractivity contribution in [1.29, 1.82) is 0 Å². The van der Waals surface area contributed by atoms with Crippen molar-refractivity contribution in [3.63, 3.8) is 0 Å². The lowest BCUT2D eigenvalue weighted by Crippen LogP contribution is -2.33. The summed E-state index contributed by atoms with van der Waals surface area (Å²) in [5.41, 5.74) is 2.20. The fourth-order valence-electron chi connectivity index (χ4n) is 4.06. The maximum absolute atomic E-state index is 15.2. The number of aromatic amines is 1. The van der Waals surface area contributed by atoms with Crippen LogP contribution in [0.3, 0.4) is 0 Å². The number of benzene rings is 2. The second kappa shape index (κ2) is 9.85. The summed E-state index contributed by atoms with van der Waals surface area (Å²) in [5, 5.41) is 10.3. The molecule has 0 amide bonds. The van der Waals surface area contributed by atoms with Crippen LogP contribution in [-0.4, -0.2) is 28.4 Å². The molecule has 0 aliphatic rings. The normalized spacial score (nSPS) is 13.5. The Morgan fingerprint density at radius 2 is 2.06 bits per heavy atom. The molecule has 0 bridgehead atoms. The van der Waals surface area contributed by atoms with Crippen LogP contribution in [0.25, 0.3) is 11.1 Å². The van der Waals surface area contributed by atoms with Crippen LogP contribution in [-0.2, 0) is 17.1 Å². The van der Waals surface area contributed by atoms with Gasteiger partial charge in [-0.1, -0.05) is 24.6 Å². The molecule has 14 heteroatoms. The van der Waals surface area contributed by atoms with Gasteiger partial charge in [0.25, 0.3) is 0 Å². The number of sulfonamides is 1. The van der Waals surface area contributed by atoms with Gasteiger partial charge in [0, 0.05) is 35.8 Å². The number of nitrogens with zero attached hydrogens (tertiary/aromatic N) is 3. The van der Waals surface area contributed by atoms with Gasteiger partial charge in [-0.3, -0.25) is 4.68 Å². The van der Waals surface area contributed by atoms with Gasteiger partial charge in [0.05, 0.1) is 6.20 Å². The zero-order valence-corrected chi connectivity index (χ0v) is 20.9. The van der Waals surface area contributed by atoms with Crippen molar-refractivity contribution in [1.82, 2.24) is 24.7 Å². The number of nitrogens with two attached hydrogens (primary N) is 1. The van der Waals surface area contributed by atoms with Gasteiger partial charge < -0.3 is 9.25 Å². The molecule has 4 rings (SSSR count). The van der Waals surface area contributed by atoms with E-state index in [9.17, 15) is 13.2 Å². The average molecular weight is 537 g/mol. The molecule has 0 saturated heterocycles. The highest BCUT2D eigenvalue weighted by molar-refractivity contribution is 7.89. The molecule has 0 aliphatic heterocycles. The number of aromatic nitrogens is 4. The van der Waals surface area contributed by atoms with E-state index in [1.807, 2.05) is 0 Å². The number of rotatable bonds is 8. The third-order valence-corrected chi connectivity index (χ3v) is 7.47. The van der Waals surface area contributed by atoms with E-state index in [-0.39, 0.29) is 27.1 Å². The third kappa shape index (κ3) is 4.91. The molecule has 0 fully saturated rings. The molecular weight excluding hydrogens is 515 g/mol. The zero-order chi connectivity index (χ0) is 26.2. The van der Waals surface area contributed by atoms with Crippen molar-refractivity contribution in [2.75, 3.05) is 0 Å². The van der Waals surface area contributed by atoms with Crippen molar-refractivity contribution in [3.8, 4) is 16.9 Å². The molecular formula is C22H22ClFN6O5S. The maximum atomic E-state index is 15.2. The Morgan fingerprint density at radius 1 is 1.31 bits per heavy atom. The van der Waals surface area contributed by atoms with Crippen LogP contribution in [0.2, 0.25) is 5.02 Å². The van der Waals surface area contributed by atoms with Gasteiger partial charge in [-0.15, -0.1) is 5.10 Å². The Hall–Kier alpha value is -3.52. The highest BCUT2D eigenvalue weighted by Crippen LogP contribution is 2.38. The minimum Gasteiger partial charge on any atom is -0.410 e. The molecule has 0 saturated carbocycles.